The second-order valence-corrected chi connectivity index (χ2v) is 4.29. The van der Waals surface area contributed by atoms with Crippen LogP contribution in [0.2, 0.25) is 0 Å². The molecule has 0 aliphatic carbocycles. The van der Waals surface area contributed by atoms with Gasteiger partial charge in [-0.1, -0.05) is 19.1 Å². The highest BCUT2D eigenvalue weighted by molar-refractivity contribution is 7.99. The summed E-state index contributed by atoms with van der Waals surface area (Å²) < 4.78 is 12.6. The summed E-state index contributed by atoms with van der Waals surface area (Å²) in [7, 11) is 0. The van der Waals surface area contributed by atoms with Crippen molar-refractivity contribution in [1.82, 2.24) is 0 Å². The normalized spacial score (nSPS) is 12.8. The molecule has 1 atom stereocenters. The number of hydrogen-bond donors (Lipinski definition) is 1. The van der Waals surface area contributed by atoms with Crippen LogP contribution in [0.25, 0.3) is 0 Å². The highest BCUT2D eigenvalue weighted by Crippen LogP contribution is 2.18. The Morgan fingerprint density at radius 3 is 2.57 bits per heavy atom. The van der Waals surface area contributed by atoms with E-state index in [0.29, 0.717) is 5.75 Å². The fourth-order valence-corrected chi connectivity index (χ4v) is 1.99. The first-order chi connectivity index (χ1) is 6.74. The molecule has 1 nitrogen and oxygen atoms in total. The van der Waals surface area contributed by atoms with E-state index in [1.165, 1.54) is 12.1 Å². The van der Waals surface area contributed by atoms with Crippen LogP contribution in [0.15, 0.2) is 24.3 Å². The van der Waals surface area contributed by atoms with E-state index in [0.717, 1.165) is 17.7 Å². The van der Waals surface area contributed by atoms with Gasteiger partial charge in [-0.25, -0.2) is 4.39 Å². The molecule has 0 amide bonds. The van der Waals surface area contributed by atoms with Gasteiger partial charge in [-0.15, -0.1) is 0 Å². The number of rotatable bonds is 5. The molecule has 1 rings (SSSR count). The molecule has 1 N–H and O–H groups in total. The molecule has 0 radical (unpaired) electrons. The molecule has 3 heteroatoms. The van der Waals surface area contributed by atoms with Crippen molar-refractivity contribution in [3.63, 3.8) is 0 Å². The zero-order valence-electron chi connectivity index (χ0n) is 8.24. The first-order valence-electron chi connectivity index (χ1n) is 4.75. The average molecular weight is 214 g/mol. The van der Waals surface area contributed by atoms with Gasteiger partial charge < -0.3 is 5.11 Å². The Bertz CT molecular complexity index is 260. The molecule has 78 valence electrons. The van der Waals surface area contributed by atoms with Crippen LogP contribution in [0.1, 0.15) is 25.0 Å². The van der Waals surface area contributed by atoms with E-state index in [1.54, 1.807) is 23.9 Å². The lowest BCUT2D eigenvalue weighted by atomic mass is 10.1. The third-order valence-corrected chi connectivity index (χ3v) is 3.13. The standard InChI is InChI=1S/C11H15FOS/c1-2-7-14-8-11(13)9-3-5-10(12)6-4-9/h3-6,11,13H,2,7-8H2,1H3. The van der Waals surface area contributed by atoms with Crippen LogP contribution in [-0.4, -0.2) is 16.6 Å². The predicted molar refractivity (Wildman–Crippen MR) is 59.0 cm³/mol. The largest absolute Gasteiger partial charge is 0.388 e. The summed E-state index contributed by atoms with van der Waals surface area (Å²) in [6.07, 6.45) is 0.632. The van der Waals surface area contributed by atoms with Gasteiger partial charge in [0.25, 0.3) is 0 Å². The van der Waals surface area contributed by atoms with Crippen molar-refractivity contribution in [2.24, 2.45) is 0 Å². The summed E-state index contributed by atoms with van der Waals surface area (Å²) in [5.41, 5.74) is 0.787. The van der Waals surface area contributed by atoms with Crippen LogP contribution in [0.4, 0.5) is 4.39 Å². The predicted octanol–water partition coefficient (Wildman–Crippen LogP) is 3.00. The lowest BCUT2D eigenvalue weighted by Crippen LogP contribution is -2.00. The van der Waals surface area contributed by atoms with Crippen molar-refractivity contribution in [1.29, 1.82) is 0 Å². The Labute approximate surface area is 88.3 Å². The zero-order chi connectivity index (χ0) is 10.4. The van der Waals surface area contributed by atoms with Gasteiger partial charge in [0.05, 0.1) is 6.10 Å². The van der Waals surface area contributed by atoms with Crippen molar-refractivity contribution in [2.45, 2.75) is 19.4 Å². The molecule has 0 fully saturated rings. The maximum atomic E-state index is 12.6. The summed E-state index contributed by atoms with van der Waals surface area (Å²) in [6, 6.07) is 6.02. The van der Waals surface area contributed by atoms with Crippen molar-refractivity contribution in [2.75, 3.05) is 11.5 Å². The van der Waals surface area contributed by atoms with E-state index >= 15 is 0 Å². The minimum atomic E-state index is -0.479. The summed E-state index contributed by atoms with van der Waals surface area (Å²) in [5, 5.41) is 9.69. The van der Waals surface area contributed by atoms with Gasteiger partial charge >= 0.3 is 0 Å². The lowest BCUT2D eigenvalue weighted by molar-refractivity contribution is 0.204. The summed E-state index contributed by atoms with van der Waals surface area (Å²) in [6.45, 7) is 2.11. The van der Waals surface area contributed by atoms with E-state index in [-0.39, 0.29) is 5.82 Å². The molecule has 0 spiro atoms. The Balaban J connectivity index is 2.43. The highest BCUT2D eigenvalue weighted by atomic mass is 32.2. The maximum absolute atomic E-state index is 12.6. The van der Waals surface area contributed by atoms with Gasteiger partial charge in [-0.2, -0.15) is 11.8 Å². The van der Waals surface area contributed by atoms with Crippen molar-refractivity contribution >= 4 is 11.8 Å². The minimum Gasteiger partial charge on any atom is -0.388 e. The average Bonchev–Trinajstić information content (AvgIpc) is 2.19. The molecule has 1 aromatic carbocycles. The van der Waals surface area contributed by atoms with Crippen molar-refractivity contribution < 1.29 is 9.50 Å². The second-order valence-electron chi connectivity index (χ2n) is 3.14. The molecule has 0 heterocycles. The second kappa shape index (κ2) is 6.04. The van der Waals surface area contributed by atoms with Crippen molar-refractivity contribution in [3.05, 3.63) is 35.6 Å². The maximum Gasteiger partial charge on any atom is 0.123 e. The molecular formula is C11H15FOS. The van der Waals surface area contributed by atoms with Crippen molar-refractivity contribution in [3.8, 4) is 0 Å². The Hall–Kier alpha value is -0.540. The number of thioether (sulfide) groups is 1. The molecular weight excluding hydrogens is 199 g/mol. The van der Waals surface area contributed by atoms with E-state index < -0.39 is 6.10 Å². The Morgan fingerprint density at radius 1 is 1.36 bits per heavy atom. The van der Waals surface area contributed by atoms with Gasteiger partial charge in [0.15, 0.2) is 0 Å². The number of aliphatic hydroxyl groups is 1. The van der Waals surface area contributed by atoms with Crippen LogP contribution in [-0.2, 0) is 0 Å². The number of halogens is 1. The lowest BCUT2D eigenvalue weighted by Gasteiger charge is -2.09. The first-order valence-corrected chi connectivity index (χ1v) is 5.90. The quantitative estimate of drug-likeness (QED) is 0.760. The van der Waals surface area contributed by atoms with Crippen LogP contribution >= 0.6 is 11.8 Å². The molecule has 1 unspecified atom stereocenters. The third kappa shape index (κ3) is 3.68. The first kappa shape index (κ1) is 11.5. The Kier molecular flexibility index (Phi) is 4.98. The van der Waals surface area contributed by atoms with E-state index in [9.17, 15) is 9.50 Å². The fraction of sp³-hybridized carbons (Fsp3) is 0.455. The molecule has 0 aliphatic heterocycles. The van der Waals surface area contributed by atoms with Gasteiger partial charge in [0.2, 0.25) is 0 Å². The van der Waals surface area contributed by atoms with E-state index in [4.69, 9.17) is 0 Å². The molecule has 0 aliphatic rings. The smallest absolute Gasteiger partial charge is 0.123 e. The molecule has 0 bridgehead atoms. The monoisotopic (exact) mass is 214 g/mol. The molecule has 0 aromatic heterocycles. The highest BCUT2D eigenvalue weighted by Gasteiger charge is 2.06. The van der Waals surface area contributed by atoms with Gasteiger partial charge in [-0.05, 0) is 29.9 Å². The van der Waals surface area contributed by atoms with Gasteiger partial charge in [0.1, 0.15) is 5.82 Å². The van der Waals surface area contributed by atoms with Crippen LogP contribution in [0.3, 0.4) is 0 Å². The number of aliphatic hydroxyl groups excluding tert-OH is 1. The summed E-state index contributed by atoms with van der Waals surface area (Å²) in [4.78, 5) is 0. The topological polar surface area (TPSA) is 20.2 Å². The molecule has 1 aromatic rings. The Morgan fingerprint density at radius 2 is 2.00 bits per heavy atom. The SMILES string of the molecule is CCCSCC(O)c1ccc(F)cc1. The molecule has 0 saturated heterocycles. The van der Waals surface area contributed by atoms with E-state index in [2.05, 4.69) is 6.92 Å². The van der Waals surface area contributed by atoms with Gasteiger partial charge in [0, 0.05) is 5.75 Å². The number of benzene rings is 1. The minimum absolute atomic E-state index is 0.262. The zero-order valence-corrected chi connectivity index (χ0v) is 9.06. The summed E-state index contributed by atoms with van der Waals surface area (Å²) in [5.74, 6) is 1.47. The number of hydrogen-bond acceptors (Lipinski definition) is 2. The van der Waals surface area contributed by atoms with Crippen LogP contribution in [0.5, 0.6) is 0 Å². The fourth-order valence-electron chi connectivity index (χ4n) is 1.12. The third-order valence-electron chi connectivity index (χ3n) is 1.88. The van der Waals surface area contributed by atoms with Crippen LogP contribution in [0, 0.1) is 5.82 Å². The van der Waals surface area contributed by atoms with E-state index in [1.807, 2.05) is 0 Å². The van der Waals surface area contributed by atoms with Crippen LogP contribution < -0.4 is 0 Å². The molecule has 0 saturated carbocycles. The summed E-state index contributed by atoms with van der Waals surface area (Å²) >= 11 is 1.72. The molecule has 14 heavy (non-hydrogen) atoms. The van der Waals surface area contributed by atoms with Gasteiger partial charge in [-0.3, -0.25) is 0 Å².